The molecule has 12 heteroatoms. The number of hydrogen-bond acceptors (Lipinski definition) is 4. The van der Waals surface area contributed by atoms with Gasteiger partial charge in [0.15, 0.2) is 5.75 Å². The Bertz CT molecular complexity index is 1270. The molecule has 0 aromatic heterocycles. The predicted octanol–water partition coefficient (Wildman–Crippen LogP) is 6.98. The molecule has 0 spiro atoms. The standard InChI is InChI=1S/C19H12Cl4N2O5S/c20-10-1-5-16(30-17-6-2-11(21)8-18(17)31(27,28)29)15(7-10)25-19(26)24-12-3-4-13(22)14(23)9-12/h1-9H,(H2,24,25,26)(H,27,28,29). The Morgan fingerprint density at radius 1 is 0.806 bits per heavy atom. The summed E-state index contributed by atoms with van der Waals surface area (Å²) in [7, 11) is -4.63. The molecule has 2 amide bonds. The molecule has 0 aliphatic carbocycles. The number of carbonyl (C=O) groups is 1. The van der Waals surface area contributed by atoms with Gasteiger partial charge in [-0.15, -0.1) is 0 Å². The van der Waals surface area contributed by atoms with Crippen LogP contribution in [0.15, 0.2) is 59.5 Å². The number of amides is 2. The topological polar surface area (TPSA) is 105 Å². The fraction of sp³-hybridized carbons (Fsp3) is 0. The lowest BCUT2D eigenvalue weighted by Crippen LogP contribution is -2.19. The Morgan fingerprint density at radius 2 is 1.45 bits per heavy atom. The summed E-state index contributed by atoms with van der Waals surface area (Å²) in [6, 6.07) is 11.8. The fourth-order valence-corrected chi connectivity index (χ4v) is 3.78. The molecule has 0 fully saturated rings. The summed E-state index contributed by atoms with van der Waals surface area (Å²) in [6.07, 6.45) is 0. The van der Waals surface area contributed by atoms with Crippen LogP contribution in [-0.2, 0) is 10.1 Å². The number of halogens is 4. The van der Waals surface area contributed by atoms with Crippen molar-refractivity contribution in [3.63, 3.8) is 0 Å². The number of benzene rings is 3. The Kier molecular flexibility index (Phi) is 7.20. The van der Waals surface area contributed by atoms with Crippen LogP contribution in [0.3, 0.4) is 0 Å². The van der Waals surface area contributed by atoms with E-state index in [-0.39, 0.29) is 32.3 Å². The molecule has 0 aliphatic rings. The average molecular weight is 522 g/mol. The molecule has 31 heavy (non-hydrogen) atoms. The highest BCUT2D eigenvalue weighted by Crippen LogP contribution is 2.36. The van der Waals surface area contributed by atoms with Gasteiger partial charge in [0.05, 0.1) is 15.7 Å². The first-order valence-corrected chi connectivity index (χ1v) is 11.3. The first-order valence-electron chi connectivity index (χ1n) is 8.30. The highest BCUT2D eigenvalue weighted by atomic mass is 35.5. The van der Waals surface area contributed by atoms with E-state index < -0.39 is 21.0 Å². The Morgan fingerprint density at radius 3 is 2.10 bits per heavy atom. The minimum Gasteiger partial charge on any atom is -0.454 e. The maximum absolute atomic E-state index is 12.4. The van der Waals surface area contributed by atoms with Gasteiger partial charge < -0.3 is 15.4 Å². The number of carbonyl (C=O) groups excluding carboxylic acids is 1. The van der Waals surface area contributed by atoms with Crippen LogP contribution in [0.2, 0.25) is 20.1 Å². The Hall–Kier alpha value is -2.20. The van der Waals surface area contributed by atoms with Gasteiger partial charge in [-0.3, -0.25) is 4.55 Å². The predicted molar refractivity (Wildman–Crippen MR) is 122 cm³/mol. The maximum atomic E-state index is 12.4. The molecule has 0 atom stereocenters. The molecule has 3 aromatic rings. The number of anilines is 2. The van der Waals surface area contributed by atoms with Gasteiger partial charge in [-0.2, -0.15) is 8.42 Å². The second kappa shape index (κ2) is 9.52. The summed E-state index contributed by atoms with van der Waals surface area (Å²) in [6.45, 7) is 0. The zero-order chi connectivity index (χ0) is 22.8. The lowest BCUT2D eigenvalue weighted by molar-refractivity contribution is 0.262. The van der Waals surface area contributed by atoms with Crippen molar-refractivity contribution in [3.05, 3.63) is 74.7 Å². The van der Waals surface area contributed by atoms with Gasteiger partial charge in [0.2, 0.25) is 0 Å². The summed E-state index contributed by atoms with van der Waals surface area (Å²) in [5.41, 5.74) is 0.504. The van der Waals surface area contributed by atoms with Crippen LogP contribution >= 0.6 is 46.4 Å². The molecule has 0 saturated carbocycles. The highest BCUT2D eigenvalue weighted by molar-refractivity contribution is 7.86. The molecule has 162 valence electrons. The van der Waals surface area contributed by atoms with E-state index in [1.807, 2.05) is 0 Å². The highest BCUT2D eigenvalue weighted by Gasteiger charge is 2.19. The van der Waals surface area contributed by atoms with Crippen LogP contribution in [0.5, 0.6) is 11.5 Å². The van der Waals surface area contributed by atoms with E-state index in [2.05, 4.69) is 10.6 Å². The molecule has 3 rings (SSSR count). The summed E-state index contributed by atoms with van der Waals surface area (Å²) >= 11 is 23.6. The number of ether oxygens (including phenoxy) is 1. The van der Waals surface area contributed by atoms with E-state index in [0.717, 1.165) is 6.07 Å². The van der Waals surface area contributed by atoms with Gasteiger partial charge in [0.25, 0.3) is 10.1 Å². The molecule has 0 aliphatic heterocycles. The van der Waals surface area contributed by atoms with Gasteiger partial charge in [-0.1, -0.05) is 46.4 Å². The van der Waals surface area contributed by atoms with Crippen molar-refractivity contribution in [2.75, 3.05) is 10.6 Å². The number of hydrogen-bond donors (Lipinski definition) is 3. The van der Waals surface area contributed by atoms with E-state index >= 15 is 0 Å². The first-order chi connectivity index (χ1) is 14.5. The lowest BCUT2D eigenvalue weighted by Gasteiger charge is -2.15. The third kappa shape index (κ3) is 6.16. The van der Waals surface area contributed by atoms with Crippen LogP contribution in [0.1, 0.15) is 0 Å². The van der Waals surface area contributed by atoms with Crippen LogP contribution < -0.4 is 15.4 Å². The van der Waals surface area contributed by atoms with Gasteiger partial charge in [-0.05, 0) is 54.6 Å². The number of nitrogens with one attached hydrogen (secondary N) is 2. The molecule has 0 unspecified atom stereocenters. The van der Waals surface area contributed by atoms with E-state index in [0.29, 0.717) is 10.7 Å². The third-order valence-electron chi connectivity index (χ3n) is 3.77. The molecular weight excluding hydrogens is 510 g/mol. The summed E-state index contributed by atoms with van der Waals surface area (Å²) in [5.74, 6) is -0.150. The Labute approximate surface area is 197 Å². The van der Waals surface area contributed by atoms with E-state index in [1.165, 1.54) is 42.5 Å². The van der Waals surface area contributed by atoms with E-state index in [4.69, 9.17) is 51.1 Å². The van der Waals surface area contributed by atoms with Gasteiger partial charge >= 0.3 is 6.03 Å². The largest absolute Gasteiger partial charge is 0.454 e. The van der Waals surface area contributed by atoms with Crippen molar-refractivity contribution in [1.82, 2.24) is 0 Å². The van der Waals surface area contributed by atoms with Crippen molar-refractivity contribution in [2.24, 2.45) is 0 Å². The van der Waals surface area contributed by atoms with E-state index in [9.17, 15) is 17.8 Å². The first kappa shape index (κ1) is 23.5. The lowest BCUT2D eigenvalue weighted by atomic mass is 10.2. The second-order valence-corrected chi connectivity index (χ2v) is 9.09. The molecular formula is C19H12Cl4N2O5S. The van der Waals surface area contributed by atoms with Crippen molar-refractivity contribution in [1.29, 1.82) is 0 Å². The minimum absolute atomic E-state index is 0.0564. The molecule has 3 aromatic carbocycles. The third-order valence-corrected chi connectivity index (χ3v) is 5.85. The van der Waals surface area contributed by atoms with Crippen LogP contribution in [0.25, 0.3) is 0 Å². The number of rotatable bonds is 5. The van der Waals surface area contributed by atoms with Gasteiger partial charge in [-0.25, -0.2) is 4.79 Å². The molecule has 0 bridgehead atoms. The summed E-state index contributed by atoms with van der Waals surface area (Å²) in [4.78, 5) is 11.9. The maximum Gasteiger partial charge on any atom is 0.323 e. The normalized spacial score (nSPS) is 11.1. The van der Waals surface area contributed by atoms with Crippen molar-refractivity contribution >= 4 is 73.9 Å². The zero-order valence-electron chi connectivity index (χ0n) is 15.2. The summed E-state index contributed by atoms with van der Waals surface area (Å²) in [5, 5.41) is 6.06. The quantitative estimate of drug-likeness (QED) is 0.314. The van der Waals surface area contributed by atoms with Crippen LogP contribution in [0, 0.1) is 0 Å². The van der Waals surface area contributed by atoms with Crippen molar-refractivity contribution in [3.8, 4) is 11.5 Å². The Balaban J connectivity index is 1.88. The molecule has 0 saturated heterocycles. The smallest absolute Gasteiger partial charge is 0.323 e. The monoisotopic (exact) mass is 520 g/mol. The summed E-state index contributed by atoms with van der Waals surface area (Å²) < 4.78 is 38.4. The molecule has 0 radical (unpaired) electrons. The van der Waals surface area contributed by atoms with Gasteiger partial charge in [0, 0.05) is 15.7 Å². The fourth-order valence-electron chi connectivity index (χ4n) is 2.43. The zero-order valence-corrected chi connectivity index (χ0v) is 19.0. The molecule has 3 N–H and O–H groups in total. The van der Waals surface area contributed by atoms with E-state index in [1.54, 1.807) is 6.07 Å². The molecule has 7 nitrogen and oxygen atoms in total. The molecule has 0 heterocycles. The van der Waals surface area contributed by atoms with Gasteiger partial charge in [0.1, 0.15) is 10.6 Å². The average Bonchev–Trinajstić information content (AvgIpc) is 2.67. The van der Waals surface area contributed by atoms with Crippen LogP contribution in [0.4, 0.5) is 16.2 Å². The number of urea groups is 1. The SMILES string of the molecule is O=C(Nc1ccc(Cl)c(Cl)c1)Nc1cc(Cl)ccc1Oc1ccc(Cl)cc1S(=O)(=O)O. The second-order valence-electron chi connectivity index (χ2n) is 6.02. The van der Waals surface area contributed by atoms with Crippen LogP contribution in [-0.4, -0.2) is 19.0 Å². The van der Waals surface area contributed by atoms with Crippen molar-refractivity contribution in [2.45, 2.75) is 4.90 Å². The van der Waals surface area contributed by atoms with Crippen molar-refractivity contribution < 1.29 is 22.5 Å². The minimum atomic E-state index is -4.63.